The van der Waals surface area contributed by atoms with Gasteiger partial charge in [0.15, 0.2) is 0 Å². The third-order valence-electron chi connectivity index (χ3n) is 8.62. The van der Waals surface area contributed by atoms with E-state index >= 15 is 0 Å². The number of thiophene rings is 2. The van der Waals surface area contributed by atoms with Gasteiger partial charge >= 0.3 is 0 Å². The zero-order valence-corrected chi connectivity index (χ0v) is 30.7. The lowest BCUT2D eigenvalue weighted by atomic mass is 9.95. The Morgan fingerprint density at radius 3 is 1.93 bits per heavy atom. The molecule has 0 aliphatic rings. The lowest BCUT2D eigenvalue weighted by Gasteiger charge is -2.20. The maximum Gasteiger partial charge on any atom is 0.0689 e. The van der Waals surface area contributed by atoms with Crippen LogP contribution in [0.4, 0.5) is 22.7 Å². The maximum atomic E-state index is 2.48. The molecule has 220 valence electrons. The number of hydrogen-bond acceptors (Lipinski definition) is 4. The summed E-state index contributed by atoms with van der Waals surface area (Å²) in [6, 6.07) is 44.7. The van der Waals surface area contributed by atoms with Crippen LogP contribution in [-0.2, 0) is 6.42 Å². The van der Waals surface area contributed by atoms with Gasteiger partial charge in [0.2, 0.25) is 0 Å². The third-order valence-corrected chi connectivity index (χ3v) is 13.2. The summed E-state index contributed by atoms with van der Waals surface area (Å²) in [4.78, 5) is 0. The minimum Gasteiger partial charge on any atom is -0.282 e. The highest BCUT2D eigenvalue weighted by Gasteiger charge is 2.19. The fourth-order valence-electron chi connectivity index (χ4n) is 6.26. The van der Waals surface area contributed by atoms with Crippen molar-refractivity contribution in [2.75, 3.05) is 6.23 Å². The Kier molecular flexibility index (Phi) is 7.72. The van der Waals surface area contributed by atoms with E-state index in [0.717, 1.165) is 6.42 Å². The Hall–Kier alpha value is -3.18. The summed E-state index contributed by atoms with van der Waals surface area (Å²) < 4.78 is 9.89. The number of halogens is 2. The summed E-state index contributed by atoms with van der Waals surface area (Å²) in [5, 5.41) is 5.28. The van der Waals surface area contributed by atoms with E-state index in [-0.39, 0.29) is 0 Å². The van der Waals surface area contributed by atoms with Crippen LogP contribution in [0.5, 0.6) is 0 Å². The molecule has 6 heteroatoms. The number of anilines is 4. The number of aryl methyl sites for hydroxylation is 2. The van der Waals surface area contributed by atoms with E-state index < -0.39 is 0 Å². The predicted octanol–water partition coefficient (Wildman–Crippen LogP) is 13.9. The Balaban J connectivity index is 1.25. The summed E-state index contributed by atoms with van der Waals surface area (Å²) in [5.74, 6) is 0. The van der Waals surface area contributed by atoms with Crippen LogP contribution in [0, 0.1) is 6.92 Å². The van der Waals surface area contributed by atoms with Crippen LogP contribution in [0.3, 0.4) is 0 Å². The van der Waals surface area contributed by atoms with Crippen molar-refractivity contribution in [3.8, 4) is 11.1 Å². The Bertz CT molecular complexity index is 2370. The quantitative estimate of drug-likeness (QED) is 0.122. The van der Waals surface area contributed by atoms with Crippen LogP contribution in [0.1, 0.15) is 18.1 Å². The average Bonchev–Trinajstić information content (AvgIpc) is 3.67. The molecule has 0 fully saturated rings. The summed E-state index contributed by atoms with van der Waals surface area (Å²) in [7, 11) is 0. The first-order chi connectivity index (χ1) is 22.0. The van der Waals surface area contributed by atoms with Gasteiger partial charge in [-0.1, -0.05) is 79.7 Å². The van der Waals surface area contributed by atoms with E-state index in [4.69, 9.17) is 0 Å². The largest absolute Gasteiger partial charge is 0.282 e. The number of benzene rings is 6. The molecule has 8 rings (SSSR count). The molecule has 0 amide bonds. The normalized spacial score (nSPS) is 11.6. The molecule has 2 aromatic heterocycles. The molecule has 0 saturated carbocycles. The van der Waals surface area contributed by atoms with Gasteiger partial charge in [-0.3, -0.25) is 6.23 Å². The maximum absolute atomic E-state index is 2.48. The zero-order chi connectivity index (χ0) is 30.7. The first kappa shape index (κ1) is 29.2. The summed E-state index contributed by atoms with van der Waals surface area (Å²) in [6.45, 7) is 4.43. The highest BCUT2D eigenvalue weighted by molar-refractivity contribution is 14.1. The summed E-state index contributed by atoms with van der Waals surface area (Å²) in [6.07, 6.45) is 1.05. The van der Waals surface area contributed by atoms with E-state index in [2.05, 4.69) is 187 Å². The first-order valence-corrected chi connectivity index (χ1v) is 18.5. The van der Waals surface area contributed by atoms with Gasteiger partial charge in [-0.2, -0.15) is 0 Å². The SMILES string of the molecule is CCc1ccc(N(I)c2cccc3c2sc2cccc(-c4cc(N(I)c5cccc6c5sc5ccccc56)ccc4C)c23)cc1. The summed E-state index contributed by atoms with van der Waals surface area (Å²) >= 11 is 8.70. The molecule has 8 aromatic rings. The van der Waals surface area contributed by atoms with E-state index in [1.54, 1.807) is 0 Å². The molecule has 0 unspecified atom stereocenters. The van der Waals surface area contributed by atoms with Gasteiger partial charge in [-0.15, -0.1) is 22.7 Å². The molecule has 45 heavy (non-hydrogen) atoms. The Morgan fingerprint density at radius 2 is 1.16 bits per heavy atom. The molecule has 6 aromatic carbocycles. The van der Waals surface area contributed by atoms with Gasteiger partial charge in [0.25, 0.3) is 0 Å². The molecular formula is C39H28I2N2S2. The number of rotatable bonds is 6. The third kappa shape index (κ3) is 5.01. The van der Waals surface area contributed by atoms with Crippen LogP contribution >= 0.6 is 68.4 Å². The van der Waals surface area contributed by atoms with Gasteiger partial charge in [0.1, 0.15) is 0 Å². The van der Waals surface area contributed by atoms with E-state index in [1.165, 1.54) is 85.3 Å². The van der Waals surface area contributed by atoms with Crippen molar-refractivity contribution in [1.29, 1.82) is 0 Å². The van der Waals surface area contributed by atoms with E-state index in [1.807, 2.05) is 22.7 Å². The van der Waals surface area contributed by atoms with Crippen molar-refractivity contribution in [3.05, 3.63) is 132 Å². The van der Waals surface area contributed by atoms with Crippen LogP contribution < -0.4 is 6.23 Å². The van der Waals surface area contributed by atoms with Gasteiger partial charge < -0.3 is 0 Å². The van der Waals surface area contributed by atoms with Crippen LogP contribution in [0.25, 0.3) is 51.5 Å². The highest BCUT2D eigenvalue weighted by atomic mass is 127. The molecule has 2 heterocycles. The van der Waals surface area contributed by atoms with Crippen LogP contribution in [-0.4, -0.2) is 0 Å². The Labute approximate surface area is 298 Å². The van der Waals surface area contributed by atoms with Crippen molar-refractivity contribution in [2.24, 2.45) is 0 Å². The summed E-state index contributed by atoms with van der Waals surface area (Å²) in [5.41, 5.74) is 10.0. The van der Waals surface area contributed by atoms with Gasteiger partial charge in [0.05, 0.1) is 77.9 Å². The van der Waals surface area contributed by atoms with Gasteiger partial charge in [-0.25, -0.2) is 0 Å². The van der Waals surface area contributed by atoms with Gasteiger partial charge in [0, 0.05) is 30.9 Å². The molecule has 2 nitrogen and oxygen atoms in total. The second-order valence-corrected chi connectivity index (χ2v) is 15.3. The zero-order valence-electron chi connectivity index (χ0n) is 24.7. The minimum absolute atomic E-state index is 1.05. The minimum atomic E-state index is 1.05. The van der Waals surface area contributed by atoms with Crippen LogP contribution in [0.15, 0.2) is 121 Å². The number of fused-ring (bicyclic) bond motifs is 6. The highest BCUT2D eigenvalue weighted by Crippen LogP contribution is 2.48. The van der Waals surface area contributed by atoms with Crippen molar-refractivity contribution < 1.29 is 0 Å². The number of nitrogens with zero attached hydrogens (tertiary/aromatic N) is 2. The van der Waals surface area contributed by atoms with Crippen LogP contribution in [0.2, 0.25) is 0 Å². The molecule has 0 radical (unpaired) electrons. The second-order valence-electron chi connectivity index (χ2n) is 11.3. The fraction of sp³-hybridized carbons (Fsp3) is 0.0769. The number of hydrogen-bond donors (Lipinski definition) is 0. The molecule has 0 aliphatic heterocycles. The van der Waals surface area contributed by atoms with Crippen molar-refractivity contribution in [1.82, 2.24) is 0 Å². The molecule has 0 aliphatic carbocycles. The Morgan fingerprint density at radius 1 is 0.556 bits per heavy atom. The molecule has 0 spiro atoms. The molecule has 0 atom stereocenters. The average molecular weight is 843 g/mol. The van der Waals surface area contributed by atoms with Crippen molar-refractivity contribution in [3.63, 3.8) is 0 Å². The smallest absolute Gasteiger partial charge is 0.0689 e. The monoisotopic (exact) mass is 842 g/mol. The standard InChI is InChI=1S/C39H28I2N2S2/c1-3-25-18-21-26(22-19-25)42(40)34-14-7-12-31-37-29(10-8-16-36(37)45-39(31)34)32-23-27(20-17-24(32)2)43(41)33-13-6-11-30-28-9-4-5-15-35(28)44-38(30)33/h4-23H,3H2,1-2H3. The lowest BCUT2D eigenvalue weighted by molar-refractivity contribution is 1.14. The van der Waals surface area contributed by atoms with Crippen molar-refractivity contribution >= 4 is 131 Å². The molecule has 0 bridgehead atoms. The fourth-order valence-corrected chi connectivity index (χ4v) is 10.5. The molecule has 0 saturated heterocycles. The molecule has 0 N–H and O–H groups in total. The first-order valence-electron chi connectivity index (χ1n) is 15.0. The van der Waals surface area contributed by atoms with Crippen molar-refractivity contribution in [2.45, 2.75) is 20.3 Å². The lowest BCUT2D eigenvalue weighted by Crippen LogP contribution is -2.01. The van der Waals surface area contributed by atoms with Gasteiger partial charge in [-0.05, 0) is 84.1 Å². The second kappa shape index (κ2) is 11.9. The molecular weight excluding hydrogens is 814 g/mol. The topological polar surface area (TPSA) is 6.48 Å². The van der Waals surface area contributed by atoms with E-state index in [0.29, 0.717) is 0 Å². The van der Waals surface area contributed by atoms with E-state index in [9.17, 15) is 0 Å². The predicted molar refractivity (Wildman–Crippen MR) is 217 cm³/mol.